The van der Waals surface area contributed by atoms with E-state index >= 15 is 0 Å². The van der Waals surface area contributed by atoms with Crippen LogP contribution in [0.4, 0.5) is 5.69 Å². The van der Waals surface area contributed by atoms with Crippen LogP contribution in [-0.2, 0) is 4.74 Å². The van der Waals surface area contributed by atoms with Gasteiger partial charge in [0.15, 0.2) is 5.82 Å². The fourth-order valence-electron chi connectivity index (χ4n) is 1.79. The fourth-order valence-corrected chi connectivity index (χ4v) is 2.22. The molecule has 0 bridgehead atoms. The second-order valence-electron chi connectivity index (χ2n) is 4.32. The third-order valence-corrected chi connectivity index (χ3v) is 3.57. The SMILES string of the molecule is COCCC(C)n1nnnc1-c1cc(N)ccc1Br. The number of nitrogen functional groups attached to an aromatic ring is 1. The summed E-state index contributed by atoms with van der Waals surface area (Å²) in [6, 6.07) is 5.73. The molecule has 7 heteroatoms. The van der Waals surface area contributed by atoms with E-state index in [9.17, 15) is 0 Å². The van der Waals surface area contributed by atoms with Crippen LogP contribution in [0.25, 0.3) is 11.4 Å². The zero-order chi connectivity index (χ0) is 13.8. The molecule has 6 nitrogen and oxygen atoms in total. The lowest BCUT2D eigenvalue weighted by atomic mass is 10.1. The van der Waals surface area contributed by atoms with Crippen LogP contribution in [0, 0.1) is 0 Å². The minimum atomic E-state index is 0.151. The molecule has 1 heterocycles. The van der Waals surface area contributed by atoms with Crippen LogP contribution in [0.5, 0.6) is 0 Å². The van der Waals surface area contributed by atoms with E-state index in [1.807, 2.05) is 18.2 Å². The molecule has 19 heavy (non-hydrogen) atoms. The highest BCUT2D eigenvalue weighted by molar-refractivity contribution is 9.10. The average molecular weight is 326 g/mol. The van der Waals surface area contributed by atoms with Crippen LogP contribution in [0.2, 0.25) is 0 Å². The highest BCUT2D eigenvalue weighted by Crippen LogP contribution is 2.29. The maximum absolute atomic E-state index is 5.82. The molecule has 0 saturated carbocycles. The van der Waals surface area contributed by atoms with Gasteiger partial charge in [0.05, 0.1) is 6.04 Å². The Balaban J connectivity index is 2.35. The third-order valence-electron chi connectivity index (χ3n) is 2.88. The Hall–Kier alpha value is -1.47. The van der Waals surface area contributed by atoms with Crippen molar-refractivity contribution in [3.05, 3.63) is 22.7 Å². The van der Waals surface area contributed by atoms with Gasteiger partial charge in [-0.25, -0.2) is 4.68 Å². The number of nitrogens with two attached hydrogens (primary N) is 1. The van der Waals surface area contributed by atoms with E-state index in [1.165, 1.54) is 0 Å². The lowest BCUT2D eigenvalue weighted by Crippen LogP contribution is -2.11. The van der Waals surface area contributed by atoms with Crippen LogP contribution in [-0.4, -0.2) is 33.9 Å². The van der Waals surface area contributed by atoms with Gasteiger partial charge in [0.1, 0.15) is 0 Å². The van der Waals surface area contributed by atoms with Crippen LogP contribution in [0.15, 0.2) is 22.7 Å². The predicted molar refractivity (Wildman–Crippen MR) is 76.6 cm³/mol. The normalized spacial score (nSPS) is 12.6. The maximum atomic E-state index is 5.82. The van der Waals surface area contributed by atoms with Crippen LogP contribution in [0.1, 0.15) is 19.4 Å². The number of anilines is 1. The van der Waals surface area contributed by atoms with Gasteiger partial charge in [0.2, 0.25) is 0 Å². The first-order valence-corrected chi connectivity index (χ1v) is 6.75. The quantitative estimate of drug-likeness (QED) is 0.853. The molecule has 2 rings (SSSR count). The summed E-state index contributed by atoms with van der Waals surface area (Å²) in [5.74, 6) is 0.697. The van der Waals surface area contributed by atoms with E-state index in [1.54, 1.807) is 11.8 Å². The molecule has 1 aromatic heterocycles. The number of rotatable bonds is 5. The van der Waals surface area contributed by atoms with Crippen LogP contribution >= 0.6 is 15.9 Å². The highest BCUT2D eigenvalue weighted by Gasteiger charge is 2.16. The number of methoxy groups -OCH3 is 1. The molecule has 102 valence electrons. The van der Waals surface area contributed by atoms with Gasteiger partial charge in [-0.3, -0.25) is 0 Å². The van der Waals surface area contributed by atoms with Crippen molar-refractivity contribution in [1.29, 1.82) is 0 Å². The van der Waals surface area contributed by atoms with E-state index in [0.717, 1.165) is 16.5 Å². The molecule has 1 unspecified atom stereocenters. The predicted octanol–water partition coefficient (Wildman–Crippen LogP) is 2.28. The number of ether oxygens (including phenoxy) is 1. The average Bonchev–Trinajstić information content (AvgIpc) is 2.88. The summed E-state index contributed by atoms with van der Waals surface area (Å²) in [6.45, 7) is 2.72. The summed E-state index contributed by atoms with van der Waals surface area (Å²) in [4.78, 5) is 0. The minimum absolute atomic E-state index is 0.151. The molecular weight excluding hydrogens is 310 g/mol. The Labute approximate surface area is 120 Å². The van der Waals surface area contributed by atoms with Gasteiger partial charge < -0.3 is 10.5 Å². The van der Waals surface area contributed by atoms with Crippen molar-refractivity contribution in [2.45, 2.75) is 19.4 Å². The molecule has 0 aliphatic rings. The third kappa shape index (κ3) is 3.10. The molecule has 0 aliphatic carbocycles. The van der Waals surface area contributed by atoms with Crippen molar-refractivity contribution in [1.82, 2.24) is 20.2 Å². The number of nitrogens with zero attached hydrogens (tertiary/aromatic N) is 4. The van der Waals surface area contributed by atoms with E-state index in [-0.39, 0.29) is 6.04 Å². The Kier molecular flexibility index (Phi) is 4.49. The van der Waals surface area contributed by atoms with Crippen molar-refractivity contribution in [2.24, 2.45) is 0 Å². The number of hydrogen-bond donors (Lipinski definition) is 1. The summed E-state index contributed by atoms with van der Waals surface area (Å²) < 4.78 is 7.79. The Morgan fingerprint density at radius 1 is 1.47 bits per heavy atom. The van der Waals surface area contributed by atoms with E-state index in [0.29, 0.717) is 18.1 Å². The molecule has 0 fully saturated rings. The monoisotopic (exact) mass is 325 g/mol. The molecule has 0 radical (unpaired) electrons. The minimum Gasteiger partial charge on any atom is -0.399 e. The first kappa shape index (κ1) is 14.0. The molecule has 0 amide bonds. The molecule has 1 aromatic carbocycles. The second-order valence-corrected chi connectivity index (χ2v) is 5.17. The number of aromatic nitrogens is 4. The van der Waals surface area contributed by atoms with Gasteiger partial charge in [0, 0.05) is 29.4 Å². The second kappa shape index (κ2) is 6.12. The number of benzene rings is 1. The molecule has 2 aromatic rings. The van der Waals surface area contributed by atoms with Crippen molar-refractivity contribution in [3.63, 3.8) is 0 Å². The largest absolute Gasteiger partial charge is 0.399 e. The maximum Gasteiger partial charge on any atom is 0.183 e. The van der Waals surface area contributed by atoms with Crippen LogP contribution in [0.3, 0.4) is 0 Å². The zero-order valence-corrected chi connectivity index (χ0v) is 12.5. The Bertz CT molecular complexity index is 557. The van der Waals surface area contributed by atoms with E-state index in [4.69, 9.17) is 10.5 Å². The number of hydrogen-bond acceptors (Lipinski definition) is 5. The topological polar surface area (TPSA) is 78.8 Å². The van der Waals surface area contributed by atoms with Gasteiger partial charge in [-0.2, -0.15) is 0 Å². The Morgan fingerprint density at radius 3 is 3.00 bits per heavy atom. The van der Waals surface area contributed by atoms with Crippen LogP contribution < -0.4 is 5.73 Å². The molecular formula is C12H16BrN5O. The summed E-state index contributed by atoms with van der Waals surface area (Å²) >= 11 is 3.50. The summed E-state index contributed by atoms with van der Waals surface area (Å²) in [5, 5.41) is 11.9. The van der Waals surface area contributed by atoms with Crippen molar-refractivity contribution in [2.75, 3.05) is 19.5 Å². The molecule has 0 aliphatic heterocycles. The standard InChI is InChI=1S/C12H16BrN5O/c1-8(5-6-19-2)18-12(15-16-17-18)10-7-9(14)3-4-11(10)13/h3-4,7-8H,5-6,14H2,1-2H3. The van der Waals surface area contributed by atoms with Gasteiger partial charge in [-0.05, 0) is 42.0 Å². The zero-order valence-electron chi connectivity index (χ0n) is 10.9. The summed E-state index contributed by atoms with van der Waals surface area (Å²) in [6.07, 6.45) is 0.842. The first-order valence-electron chi connectivity index (χ1n) is 5.95. The fraction of sp³-hybridized carbons (Fsp3) is 0.417. The smallest absolute Gasteiger partial charge is 0.183 e. The first-order chi connectivity index (χ1) is 9.13. The lowest BCUT2D eigenvalue weighted by molar-refractivity contribution is 0.178. The summed E-state index contributed by atoms with van der Waals surface area (Å²) in [7, 11) is 1.68. The highest BCUT2D eigenvalue weighted by atomic mass is 79.9. The van der Waals surface area contributed by atoms with Gasteiger partial charge in [0.25, 0.3) is 0 Å². The molecule has 1 atom stereocenters. The van der Waals surface area contributed by atoms with E-state index in [2.05, 4.69) is 38.4 Å². The lowest BCUT2D eigenvalue weighted by Gasteiger charge is -2.13. The van der Waals surface area contributed by atoms with Gasteiger partial charge >= 0.3 is 0 Å². The van der Waals surface area contributed by atoms with E-state index < -0.39 is 0 Å². The molecule has 2 N–H and O–H groups in total. The number of tetrazole rings is 1. The van der Waals surface area contributed by atoms with Crippen molar-refractivity contribution >= 4 is 21.6 Å². The van der Waals surface area contributed by atoms with Gasteiger partial charge in [-0.1, -0.05) is 15.9 Å². The van der Waals surface area contributed by atoms with Crippen molar-refractivity contribution < 1.29 is 4.74 Å². The van der Waals surface area contributed by atoms with Gasteiger partial charge in [-0.15, -0.1) is 5.10 Å². The summed E-state index contributed by atoms with van der Waals surface area (Å²) in [5.41, 5.74) is 7.38. The molecule has 0 saturated heterocycles. The Morgan fingerprint density at radius 2 is 2.26 bits per heavy atom. The van der Waals surface area contributed by atoms with Crippen molar-refractivity contribution in [3.8, 4) is 11.4 Å². The molecule has 0 spiro atoms. The number of halogens is 1.